The van der Waals surface area contributed by atoms with Crippen molar-refractivity contribution in [2.75, 3.05) is 4.72 Å². The van der Waals surface area contributed by atoms with Crippen LogP contribution in [0.15, 0.2) is 70.1 Å². The Balaban J connectivity index is 1.44. The zero-order chi connectivity index (χ0) is 22.7. The van der Waals surface area contributed by atoms with E-state index in [1.54, 1.807) is 6.92 Å². The number of nitrogens with zero attached hydrogens (tertiary/aromatic N) is 2. The van der Waals surface area contributed by atoms with Crippen molar-refractivity contribution in [2.24, 2.45) is 0 Å². The van der Waals surface area contributed by atoms with E-state index in [2.05, 4.69) is 19.9 Å². The molecule has 32 heavy (non-hydrogen) atoms. The first-order valence-corrected chi connectivity index (χ1v) is 10.9. The summed E-state index contributed by atoms with van der Waals surface area (Å²) in [5, 5.41) is 15.0. The smallest absolute Gasteiger partial charge is 0.341 e. The maximum absolute atomic E-state index is 12.5. The van der Waals surface area contributed by atoms with E-state index in [-0.39, 0.29) is 22.9 Å². The van der Waals surface area contributed by atoms with Crippen LogP contribution in [-0.2, 0) is 16.6 Å². The van der Waals surface area contributed by atoms with Crippen LogP contribution >= 0.6 is 0 Å². The van der Waals surface area contributed by atoms with E-state index in [1.165, 1.54) is 24.3 Å². The van der Waals surface area contributed by atoms with Crippen molar-refractivity contribution in [1.82, 2.24) is 15.2 Å². The number of carboxylic acids is 1. The average molecular weight is 454 g/mol. The number of hydrogen-bond donors (Lipinski definition) is 3. The molecule has 10 nitrogen and oxygen atoms in total. The highest BCUT2D eigenvalue weighted by Gasteiger charge is 2.21. The molecule has 0 fully saturated rings. The van der Waals surface area contributed by atoms with E-state index < -0.39 is 16.0 Å². The zero-order valence-electron chi connectivity index (χ0n) is 16.8. The van der Waals surface area contributed by atoms with Crippen LogP contribution in [0.3, 0.4) is 0 Å². The van der Waals surface area contributed by atoms with Gasteiger partial charge in [-0.15, -0.1) is 0 Å². The summed E-state index contributed by atoms with van der Waals surface area (Å²) < 4.78 is 38.6. The fraction of sp³-hybridized carbons (Fsp3) is 0.0952. The summed E-state index contributed by atoms with van der Waals surface area (Å²) in [5.41, 5.74) is 1.19. The third-order valence-corrected chi connectivity index (χ3v) is 5.88. The molecule has 0 saturated heterocycles. The highest BCUT2D eigenvalue weighted by molar-refractivity contribution is 7.92. The van der Waals surface area contributed by atoms with Gasteiger partial charge in [-0.2, -0.15) is 5.10 Å². The van der Waals surface area contributed by atoms with E-state index >= 15 is 0 Å². The van der Waals surface area contributed by atoms with Crippen molar-refractivity contribution >= 4 is 21.8 Å². The Hall–Kier alpha value is -4.12. The molecule has 0 aliphatic carbocycles. The molecular formula is C21H18N4O6S. The number of aromatic nitrogens is 3. The molecule has 0 spiro atoms. The van der Waals surface area contributed by atoms with E-state index in [4.69, 9.17) is 14.3 Å². The van der Waals surface area contributed by atoms with Gasteiger partial charge >= 0.3 is 5.97 Å². The number of aromatic carboxylic acids is 1. The third-order valence-electron chi connectivity index (χ3n) is 4.52. The van der Waals surface area contributed by atoms with Gasteiger partial charge in [0.25, 0.3) is 10.0 Å². The summed E-state index contributed by atoms with van der Waals surface area (Å²) in [6.45, 7) is 1.93. The van der Waals surface area contributed by atoms with Gasteiger partial charge in [-0.3, -0.25) is 9.82 Å². The lowest BCUT2D eigenvalue weighted by Crippen LogP contribution is -2.15. The Kier molecular flexibility index (Phi) is 5.65. The lowest BCUT2D eigenvalue weighted by Gasteiger charge is -2.08. The first-order valence-electron chi connectivity index (χ1n) is 9.38. The topological polar surface area (TPSA) is 147 Å². The predicted octanol–water partition coefficient (Wildman–Crippen LogP) is 3.45. The van der Waals surface area contributed by atoms with E-state index in [9.17, 15) is 13.2 Å². The van der Waals surface area contributed by atoms with Gasteiger partial charge in [0.05, 0.1) is 4.90 Å². The number of nitrogens with one attached hydrogen (secondary N) is 2. The van der Waals surface area contributed by atoms with Crippen LogP contribution in [0.25, 0.3) is 11.5 Å². The predicted molar refractivity (Wildman–Crippen MR) is 114 cm³/mol. The average Bonchev–Trinajstić information content (AvgIpc) is 3.39. The molecule has 4 aromatic rings. The molecule has 11 heteroatoms. The van der Waals surface area contributed by atoms with Crippen molar-refractivity contribution in [1.29, 1.82) is 0 Å². The van der Waals surface area contributed by atoms with Gasteiger partial charge in [0, 0.05) is 11.8 Å². The van der Waals surface area contributed by atoms with Crippen molar-refractivity contribution in [3.63, 3.8) is 0 Å². The second-order valence-corrected chi connectivity index (χ2v) is 8.39. The number of aromatic amines is 1. The van der Waals surface area contributed by atoms with Gasteiger partial charge in [-0.25, -0.2) is 18.2 Å². The van der Waals surface area contributed by atoms with Crippen molar-refractivity contribution in [3.05, 3.63) is 77.8 Å². The van der Waals surface area contributed by atoms with Gasteiger partial charge in [-0.1, -0.05) is 18.2 Å². The summed E-state index contributed by atoms with van der Waals surface area (Å²) in [6, 6.07) is 15.1. The highest BCUT2D eigenvalue weighted by Crippen LogP contribution is 2.24. The minimum Gasteiger partial charge on any atom is -0.487 e. The summed E-state index contributed by atoms with van der Waals surface area (Å²) in [4.78, 5) is 15.5. The standard InChI is InChI=1S/C21H18N4O6S/c1-13-18(23-20(31-13)14-5-3-2-4-6-14)12-30-15-7-9-16(10-8-15)32(28,29)25-19-17(21(26)27)11-22-24-19/h2-11H,12H2,1H3,(H,26,27)(H2,22,24,25). The molecule has 0 aliphatic heterocycles. The van der Waals surface area contributed by atoms with Crippen molar-refractivity contribution in [3.8, 4) is 17.2 Å². The highest BCUT2D eigenvalue weighted by atomic mass is 32.2. The molecule has 2 aromatic heterocycles. The molecule has 0 aliphatic rings. The molecule has 164 valence electrons. The van der Waals surface area contributed by atoms with Crippen LogP contribution in [-0.4, -0.2) is 34.7 Å². The van der Waals surface area contributed by atoms with Gasteiger partial charge in [-0.05, 0) is 43.3 Å². The lowest BCUT2D eigenvalue weighted by molar-refractivity contribution is 0.0698. The zero-order valence-corrected chi connectivity index (χ0v) is 17.6. The van der Waals surface area contributed by atoms with Crippen LogP contribution in [0.2, 0.25) is 0 Å². The van der Waals surface area contributed by atoms with Crippen molar-refractivity contribution in [2.45, 2.75) is 18.4 Å². The maximum Gasteiger partial charge on any atom is 0.341 e. The molecule has 3 N–H and O–H groups in total. The SMILES string of the molecule is Cc1oc(-c2ccccc2)nc1COc1ccc(S(=O)(=O)Nc2n[nH]cc2C(=O)O)cc1. The largest absolute Gasteiger partial charge is 0.487 e. The number of H-pyrrole nitrogens is 1. The molecule has 2 aromatic carbocycles. The third kappa shape index (κ3) is 4.47. The second-order valence-electron chi connectivity index (χ2n) is 6.71. The lowest BCUT2D eigenvalue weighted by atomic mass is 10.2. The second kappa shape index (κ2) is 8.55. The number of oxazole rings is 1. The van der Waals surface area contributed by atoms with Crippen molar-refractivity contribution < 1.29 is 27.5 Å². The first kappa shape index (κ1) is 21.1. The Morgan fingerprint density at radius 2 is 1.88 bits per heavy atom. The minimum absolute atomic E-state index is 0.0758. The molecule has 0 bridgehead atoms. The number of benzene rings is 2. The van der Waals surface area contributed by atoms with Crippen LogP contribution < -0.4 is 9.46 Å². The fourth-order valence-electron chi connectivity index (χ4n) is 2.85. The molecule has 0 unspecified atom stereocenters. The fourth-order valence-corrected chi connectivity index (χ4v) is 3.87. The van der Waals surface area contributed by atoms with Gasteiger partial charge < -0.3 is 14.3 Å². The number of ether oxygens (including phenoxy) is 1. The summed E-state index contributed by atoms with van der Waals surface area (Å²) >= 11 is 0. The Morgan fingerprint density at radius 1 is 1.16 bits per heavy atom. The van der Waals surface area contributed by atoms with E-state index in [0.29, 0.717) is 23.1 Å². The molecule has 4 rings (SSSR count). The number of anilines is 1. The minimum atomic E-state index is -4.04. The van der Waals surface area contributed by atoms with E-state index in [1.807, 2.05) is 30.3 Å². The summed E-state index contributed by atoms with van der Waals surface area (Å²) in [7, 11) is -4.04. The Bertz CT molecular complexity index is 1340. The maximum atomic E-state index is 12.5. The summed E-state index contributed by atoms with van der Waals surface area (Å²) in [6.07, 6.45) is 1.09. The van der Waals surface area contributed by atoms with Gasteiger partial charge in [0.1, 0.15) is 29.4 Å². The monoisotopic (exact) mass is 454 g/mol. The summed E-state index contributed by atoms with van der Waals surface area (Å²) in [5.74, 6) is -0.0558. The number of carboxylic acid groups (broad SMARTS) is 1. The van der Waals surface area contributed by atoms with Gasteiger partial charge in [0.2, 0.25) is 5.89 Å². The van der Waals surface area contributed by atoms with Gasteiger partial charge in [0.15, 0.2) is 5.82 Å². The van der Waals surface area contributed by atoms with E-state index in [0.717, 1.165) is 11.8 Å². The molecule has 0 radical (unpaired) electrons. The number of sulfonamides is 1. The van der Waals surface area contributed by atoms with Crippen LogP contribution in [0, 0.1) is 6.92 Å². The number of rotatable bonds is 8. The molecular weight excluding hydrogens is 436 g/mol. The molecule has 2 heterocycles. The Labute approximate surface area is 182 Å². The number of hydrogen-bond acceptors (Lipinski definition) is 7. The molecule has 0 amide bonds. The molecule has 0 saturated carbocycles. The number of aryl methyl sites for hydroxylation is 1. The molecule has 0 atom stereocenters. The quantitative estimate of drug-likeness (QED) is 0.367. The normalized spacial score (nSPS) is 11.3. The number of carbonyl (C=O) groups is 1. The first-order chi connectivity index (χ1) is 15.3. The van der Waals surface area contributed by atoms with Crippen LogP contribution in [0.5, 0.6) is 5.75 Å². The Morgan fingerprint density at radius 3 is 2.56 bits per heavy atom. The van der Waals surface area contributed by atoms with Crippen LogP contribution in [0.4, 0.5) is 5.82 Å². The van der Waals surface area contributed by atoms with Crippen LogP contribution in [0.1, 0.15) is 21.8 Å².